The molecule has 1 aliphatic rings. The van der Waals surface area contributed by atoms with Crippen LogP contribution in [0.2, 0.25) is 0 Å². The number of halogens is 2. The predicted molar refractivity (Wildman–Crippen MR) is 77.9 cm³/mol. The van der Waals surface area contributed by atoms with Crippen molar-refractivity contribution in [2.45, 2.75) is 24.3 Å². The Bertz CT molecular complexity index is 780. The maximum Gasteiger partial charge on any atom is 0.245 e. The van der Waals surface area contributed by atoms with Gasteiger partial charge in [0.25, 0.3) is 0 Å². The van der Waals surface area contributed by atoms with Gasteiger partial charge in [0.15, 0.2) is 0 Å². The summed E-state index contributed by atoms with van der Waals surface area (Å²) in [6.45, 7) is 1.16. The van der Waals surface area contributed by atoms with Crippen LogP contribution in [0.3, 0.4) is 0 Å². The summed E-state index contributed by atoms with van der Waals surface area (Å²) in [5, 5.41) is 4.02. The molecule has 0 spiro atoms. The third-order valence-corrected chi connectivity index (χ3v) is 5.80. The Hall–Kier alpha value is -1.87. The summed E-state index contributed by atoms with van der Waals surface area (Å²) in [6, 6.07) is 2.51. The van der Waals surface area contributed by atoms with Gasteiger partial charge in [0.2, 0.25) is 10.0 Å². The molecule has 0 saturated carbocycles. The fourth-order valence-corrected chi connectivity index (χ4v) is 4.41. The van der Waals surface area contributed by atoms with Gasteiger partial charge in [-0.1, -0.05) is 0 Å². The van der Waals surface area contributed by atoms with Gasteiger partial charge in [0.1, 0.15) is 29.2 Å². The first-order valence-electron chi connectivity index (χ1n) is 7.24. The van der Waals surface area contributed by atoms with Crippen LogP contribution in [-0.4, -0.2) is 40.6 Å². The Kier molecular flexibility index (Phi) is 4.40. The van der Waals surface area contributed by atoms with Crippen molar-refractivity contribution in [2.24, 2.45) is 5.92 Å². The van der Waals surface area contributed by atoms with Crippen LogP contribution >= 0.6 is 0 Å². The Morgan fingerprint density at radius 2 is 2.13 bits per heavy atom. The normalized spacial score (nSPS) is 19.8. The van der Waals surface area contributed by atoms with E-state index in [-0.39, 0.29) is 12.5 Å². The van der Waals surface area contributed by atoms with Crippen molar-refractivity contribution in [3.8, 4) is 0 Å². The maximum atomic E-state index is 13.8. The van der Waals surface area contributed by atoms with Crippen LogP contribution in [-0.2, 0) is 16.6 Å². The molecule has 1 saturated heterocycles. The third kappa shape index (κ3) is 3.40. The largest absolute Gasteiger partial charge is 0.253 e. The minimum absolute atomic E-state index is 0.0729. The Morgan fingerprint density at radius 1 is 1.30 bits per heavy atom. The highest BCUT2D eigenvalue weighted by molar-refractivity contribution is 7.89. The molecule has 3 rings (SSSR count). The monoisotopic (exact) mass is 342 g/mol. The second kappa shape index (κ2) is 6.32. The Balaban J connectivity index is 1.79. The van der Waals surface area contributed by atoms with E-state index in [1.54, 1.807) is 11.0 Å². The molecule has 0 aliphatic carbocycles. The van der Waals surface area contributed by atoms with E-state index in [1.165, 1.54) is 10.6 Å². The van der Waals surface area contributed by atoms with Crippen molar-refractivity contribution >= 4 is 10.0 Å². The molecular formula is C14H16F2N4O2S. The quantitative estimate of drug-likeness (QED) is 0.847. The van der Waals surface area contributed by atoms with Crippen LogP contribution < -0.4 is 0 Å². The summed E-state index contributed by atoms with van der Waals surface area (Å²) in [6.07, 6.45) is 4.54. The van der Waals surface area contributed by atoms with Crippen molar-refractivity contribution < 1.29 is 17.2 Å². The minimum Gasteiger partial charge on any atom is -0.253 e. The average Bonchev–Trinajstić information content (AvgIpc) is 3.00. The zero-order valence-corrected chi connectivity index (χ0v) is 13.1. The second-order valence-corrected chi connectivity index (χ2v) is 7.47. The standard InChI is InChI=1S/C14H16F2N4O2S/c15-12-3-4-14(13(16)6-12)23(21,22)20-5-1-2-11(8-20)7-19-10-17-9-18-19/h3-4,6,9-11H,1-2,5,7-8H2/t11-/m0/s1. The molecular weight excluding hydrogens is 326 g/mol. The van der Waals surface area contributed by atoms with Gasteiger partial charge in [-0.3, -0.25) is 4.68 Å². The van der Waals surface area contributed by atoms with Gasteiger partial charge in [0.05, 0.1) is 0 Å². The molecule has 0 bridgehead atoms. The second-order valence-electron chi connectivity index (χ2n) is 5.56. The number of piperidine rings is 1. The van der Waals surface area contributed by atoms with Gasteiger partial charge in [-0.15, -0.1) is 0 Å². The van der Waals surface area contributed by atoms with Crippen molar-refractivity contribution in [3.63, 3.8) is 0 Å². The van der Waals surface area contributed by atoms with E-state index in [1.807, 2.05) is 0 Å². The zero-order valence-electron chi connectivity index (χ0n) is 12.3. The number of rotatable bonds is 4. The summed E-state index contributed by atoms with van der Waals surface area (Å²) >= 11 is 0. The van der Waals surface area contributed by atoms with E-state index in [4.69, 9.17) is 0 Å². The zero-order chi connectivity index (χ0) is 16.4. The van der Waals surface area contributed by atoms with Crippen LogP contribution in [0.25, 0.3) is 0 Å². The van der Waals surface area contributed by atoms with E-state index in [0.717, 1.165) is 18.6 Å². The van der Waals surface area contributed by atoms with E-state index in [2.05, 4.69) is 10.1 Å². The number of sulfonamides is 1. The number of aromatic nitrogens is 3. The highest BCUT2D eigenvalue weighted by atomic mass is 32.2. The first-order chi connectivity index (χ1) is 11.0. The molecule has 9 heteroatoms. The molecule has 0 amide bonds. The molecule has 1 aliphatic heterocycles. The summed E-state index contributed by atoms with van der Waals surface area (Å²) in [4.78, 5) is 3.37. The highest BCUT2D eigenvalue weighted by Gasteiger charge is 2.32. The van der Waals surface area contributed by atoms with Crippen LogP contribution in [0, 0.1) is 17.6 Å². The predicted octanol–water partition coefficient (Wildman–Crippen LogP) is 1.66. The molecule has 0 N–H and O–H groups in total. The van der Waals surface area contributed by atoms with E-state index < -0.39 is 26.6 Å². The lowest BCUT2D eigenvalue weighted by molar-refractivity contribution is 0.239. The Morgan fingerprint density at radius 3 is 2.83 bits per heavy atom. The molecule has 1 aromatic carbocycles. The lowest BCUT2D eigenvalue weighted by atomic mass is 10.00. The first-order valence-corrected chi connectivity index (χ1v) is 8.68. The van der Waals surface area contributed by atoms with E-state index in [9.17, 15) is 17.2 Å². The smallest absolute Gasteiger partial charge is 0.245 e. The lowest BCUT2D eigenvalue weighted by Gasteiger charge is -2.31. The van der Waals surface area contributed by atoms with Crippen molar-refractivity contribution in [3.05, 3.63) is 42.5 Å². The summed E-state index contributed by atoms with van der Waals surface area (Å²) in [5.74, 6) is -1.80. The van der Waals surface area contributed by atoms with Gasteiger partial charge < -0.3 is 0 Å². The minimum atomic E-state index is -3.97. The third-order valence-electron chi connectivity index (χ3n) is 3.91. The fraction of sp³-hybridized carbons (Fsp3) is 0.429. The van der Waals surface area contributed by atoms with E-state index >= 15 is 0 Å². The highest BCUT2D eigenvalue weighted by Crippen LogP contribution is 2.26. The lowest BCUT2D eigenvalue weighted by Crippen LogP contribution is -2.41. The van der Waals surface area contributed by atoms with Crippen LogP contribution in [0.4, 0.5) is 8.78 Å². The van der Waals surface area contributed by atoms with Crippen molar-refractivity contribution in [1.29, 1.82) is 0 Å². The van der Waals surface area contributed by atoms with Gasteiger partial charge in [-0.05, 0) is 30.9 Å². The van der Waals surface area contributed by atoms with Gasteiger partial charge >= 0.3 is 0 Å². The van der Waals surface area contributed by atoms with Gasteiger partial charge in [0, 0.05) is 25.7 Å². The van der Waals surface area contributed by atoms with Crippen molar-refractivity contribution in [2.75, 3.05) is 13.1 Å². The Labute approximate surface area is 132 Å². The molecule has 0 radical (unpaired) electrons. The molecule has 0 unspecified atom stereocenters. The average molecular weight is 342 g/mol. The molecule has 1 atom stereocenters. The number of nitrogens with zero attached hydrogens (tertiary/aromatic N) is 4. The molecule has 2 aromatic rings. The summed E-state index contributed by atoms with van der Waals surface area (Å²) in [5.41, 5.74) is 0. The fourth-order valence-electron chi connectivity index (χ4n) is 2.81. The van der Waals surface area contributed by atoms with Crippen LogP contribution in [0.1, 0.15) is 12.8 Å². The molecule has 2 heterocycles. The van der Waals surface area contributed by atoms with Crippen LogP contribution in [0.5, 0.6) is 0 Å². The van der Waals surface area contributed by atoms with Gasteiger partial charge in [-0.2, -0.15) is 9.40 Å². The molecule has 23 heavy (non-hydrogen) atoms. The molecule has 1 fully saturated rings. The first kappa shape index (κ1) is 16.0. The molecule has 124 valence electrons. The number of hydrogen-bond donors (Lipinski definition) is 0. The van der Waals surface area contributed by atoms with E-state index in [0.29, 0.717) is 25.6 Å². The number of benzene rings is 1. The van der Waals surface area contributed by atoms with Crippen LogP contribution in [0.15, 0.2) is 35.7 Å². The topological polar surface area (TPSA) is 68.1 Å². The summed E-state index contributed by atoms with van der Waals surface area (Å²) in [7, 11) is -3.97. The SMILES string of the molecule is O=S(=O)(c1ccc(F)cc1F)N1CCC[C@@H](Cn2cncn2)C1. The van der Waals surface area contributed by atoms with Crippen molar-refractivity contribution in [1.82, 2.24) is 19.1 Å². The molecule has 1 aromatic heterocycles. The maximum absolute atomic E-state index is 13.8. The summed E-state index contributed by atoms with van der Waals surface area (Å²) < 4.78 is 54.9. The number of hydrogen-bond acceptors (Lipinski definition) is 4. The van der Waals surface area contributed by atoms with Gasteiger partial charge in [-0.25, -0.2) is 22.2 Å². The molecule has 6 nitrogen and oxygen atoms in total.